The van der Waals surface area contributed by atoms with E-state index in [9.17, 15) is 21.6 Å². The predicted molar refractivity (Wildman–Crippen MR) is 95.2 cm³/mol. The van der Waals surface area contributed by atoms with Crippen molar-refractivity contribution in [2.45, 2.75) is 16.7 Å². The molecule has 3 N–H and O–H groups in total. The van der Waals surface area contributed by atoms with Gasteiger partial charge in [0.1, 0.15) is 4.90 Å². The third-order valence-electron chi connectivity index (χ3n) is 3.49. The summed E-state index contributed by atoms with van der Waals surface area (Å²) in [4.78, 5) is 15.7. The van der Waals surface area contributed by atoms with Gasteiger partial charge in [0.2, 0.25) is 26.0 Å². The monoisotopic (exact) mass is 398 g/mol. The molecule has 0 saturated carbocycles. The Morgan fingerprint density at radius 3 is 2.50 bits per heavy atom. The number of aromatic nitrogens is 1. The molecule has 9 nitrogen and oxygen atoms in total. The first-order chi connectivity index (χ1) is 12.0. The van der Waals surface area contributed by atoms with Crippen LogP contribution in [0, 0.1) is 6.92 Å². The Balaban J connectivity index is 2.14. The molecule has 0 spiro atoms. The Kier molecular flexibility index (Phi) is 5.76. The standard InChI is InChI=1S/C15H18N4O5S2/c1-11-5-6-12(8-14(11)25(16,21)22)18-15(20)10-19(2)26(23,24)13-4-3-7-17-9-13/h3-9H,10H2,1-2H3,(H,18,20)(H2,16,21,22). The van der Waals surface area contributed by atoms with Gasteiger partial charge in [0.05, 0.1) is 11.4 Å². The van der Waals surface area contributed by atoms with Crippen LogP contribution in [0.15, 0.2) is 52.5 Å². The van der Waals surface area contributed by atoms with Gasteiger partial charge >= 0.3 is 0 Å². The maximum absolute atomic E-state index is 12.4. The quantitative estimate of drug-likeness (QED) is 0.717. The van der Waals surface area contributed by atoms with Gasteiger partial charge in [-0.15, -0.1) is 0 Å². The molecule has 140 valence electrons. The van der Waals surface area contributed by atoms with Crippen LogP contribution in [0.25, 0.3) is 0 Å². The summed E-state index contributed by atoms with van der Waals surface area (Å²) in [5, 5.41) is 7.58. The van der Waals surface area contributed by atoms with Gasteiger partial charge in [-0.1, -0.05) is 6.07 Å². The number of pyridine rings is 1. The molecule has 0 bridgehead atoms. The molecular weight excluding hydrogens is 380 g/mol. The highest BCUT2D eigenvalue weighted by atomic mass is 32.2. The van der Waals surface area contributed by atoms with Crippen molar-refractivity contribution in [1.82, 2.24) is 9.29 Å². The minimum Gasteiger partial charge on any atom is -0.325 e. The summed E-state index contributed by atoms with van der Waals surface area (Å²) in [5.74, 6) is -0.635. The van der Waals surface area contributed by atoms with Gasteiger partial charge in [0, 0.05) is 25.1 Å². The molecule has 0 unspecified atom stereocenters. The van der Waals surface area contributed by atoms with E-state index in [-0.39, 0.29) is 15.5 Å². The van der Waals surface area contributed by atoms with E-state index in [0.717, 1.165) is 4.31 Å². The van der Waals surface area contributed by atoms with E-state index in [4.69, 9.17) is 5.14 Å². The molecule has 0 radical (unpaired) electrons. The number of likely N-dealkylation sites (N-methyl/N-ethyl adjacent to an activating group) is 1. The van der Waals surface area contributed by atoms with E-state index in [1.54, 1.807) is 6.92 Å². The summed E-state index contributed by atoms with van der Waals surface area (Å²) in [6, 6.07) is 7.05. The molecule has 0 aliphatic heterocycles. The molecule has 2 rings (SSSR count). The smallest absolute Gasteiger partial charge is 0.244 e. The van der Waals surface area contributed by atoms with Gasteiger partial charge in [0.25, 0.3) is 0 Å². The van der Waals surface area contributed by atoms with Crippen molar-refractivity contribution in [2.75, 3.05) is 18.9 Å². The third-order valence-corrected chi connectivity index (χ3v) is 6.33. The number of amides is 1. The minimum atomic E-state index is -3.94. The topological polar surface area (TPSA) is 140 Å². The number of rotatable bonds is 6. The number of carbonyl (C=O) groups is 1. The third kappa shape index (κ3) is 4.64. The van der Waals surface area contributed by atoms with Crippen LogP contribution in [0.3, 0.4) is 0 Å². The highest BCUT2D eigenvalue weighted by Gasteiger charge is 2.23. The first-order valence-electron chi connectivity index (χ1n) is 7.31. The summed E-state index contributed by atoms with van der Waals surface area (Å²) in [7, 11) is -6.55. The molecule has 1 aromatic carbocycles. The lowest BCUT2D eigenvalue weighted by molar-refractivity contribution is -0.116. The number of aryl methyl sites for hydroxylation is 1. The Morgan fingerprint density at radius 1 is 1.23 bits per heavy atom. The Morgan fingerprint density at radius 2 is 1.92 bits per heavy atom. The van der Waals surface area contributed by atoms with E-state index >= 15 is 0 Å². The second-order valence-corrected chi connectivity index (χ2v) is 9.10. The van der Waals surface area contributed by atoms with Crippen LogP contribution in [0.2, 0.25) is 0 Å². The lowest BCUT2D eigenvalue weighted by Crippen LogP contribution is -2.35. The average Bonchev–Trinajstić information content (AvgIpc) is 2.56. The van der Waals surface area contributed by atoms with E-state index in [0.29, 0.717) is 5.56 Å². The average molecular weight is 398 g/mol. The fraction of sp³-hybridized carbons (Fsp3) is 0.200. The van der Waals surface area contributed by atoms with Gasteiger partial charge in [0.15, 0.2) is 0 Å². The molecule has 2 aromatic rings. The number of carbonyl (C=O) groups excluding carboxylic acids is 1. The minimum absolute atomic E-state index is 0.0397. The molecule has 26 heavy (non-hydrogen) atoms. The molecule has 0 fully saturated rings. The first kappa shape index (κ1) is 20.0. The van der Waals surface area contributed by atoms with Gasteiger partial charge < -0.3 is 5.32 Å². The van der Waals surface area contributed by atoms with Crippen molar-refractivity contribution in [1.29, 1.82) is 0 Å². The molecule has 1 amide bonds. The molecule has 0 aliphatic carbocycles. The number of sulfonamides is 2. The summed E-state index contributed by atoms with van der Waals surface area (Å²) in [6.45, 7) is 1.11. The normalized spacial score (nSPS) is 12.2. The van der Waals surface area contributed by atoms with Crippen molar-refractivity contribution in [3.05, 3.63) is 48.3 Å². The number of nitrogens with zero attached hydrogens (tertiary/aromatic N) is 2. The number of nitrogens with two attached hydrogens (primary N) is 1. The fourth-order valence-corrected chi connectivity index (χ4v) is 4.05. The maximum Gasteiger partial charge on any atom is 0.244 e. The molecule has 0 aliphatic rings. The van der Waals surface area contributed by atoms with Crippen LogP contribution >= 0.6 is 0 Å². The maximum atomic E-state index is 12.4. The molecular formula is C15H18N4O5S2. The van der Waals surface area contributed by atoms with E-state index in [1.807, 2.05) is 0 Å². The number of primary sulfonamides is 1. The summed E-state index contributed by atoms with van der Waals surface area (Å²) >= 11 is 0. The molecule has 1 aromatic heterocycles. The van der Waals surface area contributed by atoms with Gasteiger partial charge in [-0.3, -0.25) is 9.78 Å². The molecule has 1 heterocycles. The van der Waals surface area contributed by atoms with E-state index in [1.165, 1.54) is 49.8 Å². The van der Waals surface area contributed by atoms with Crippen molar-refractivity contribution < 1.29 is 21.6 Å². The van der Waals surface area contributed by atoms with Crippen molar-refractivity contribution in [2.24, 2.45) is 5.14 Å². The Bertz CT molecular complexity index is 1020. The van der Waals surface area contributed by atoms with Crippen LogP contribution in [0.1, 0.15) is 5.56 Å². The van der Waals surface area contributed by atoms with Crippen LogP contribution in [0.5, 0.6) is 0 Å². The highest BCUT2D eigenvalue weighted by Crippen LogP contribution is 2.19. The molecule has 0 saturated heterocycles. The lowest BCUT2D eigenvalue weighted by atomic mass is 10.2. The van der Waals surface area contributed by atoms with Crippen LogP contribution in [-0.4, -0.2) is 45.6 Å². The zero-order chi connectivity index (χ0) is 19.5. The summed E-state index contributed by atoms with van der Waals surface area (Å²) < 4.78 is 48.6. The lowest BCUT2D eigenvalue weighted by Gasteiger charge is -2.17. The fourth-order valence-electron chi connectivity index (χ4n) is 2.15. The second kappa shape index (κ2) is 7.50. The second-order valence-electron chi connectivity index (χ2n) is 5.52. The van der Waals surface area contributed by atoms with Gasteiger partial charge in [-0.05, 0) is 36.8 Å². The number of nitrogens with one attached hydrogen (secondary N) is 1. The Labute approximate surface area is 152 Å². The van der Waals surface area contributed by atoms with Crippen LogP contribution in [0.4, 0.5) is 5.69 Å². The SMILES string of the molecule is Cc1ccc(NC(=O)CN(C)S(=O)(=O)c2cccnc2)cc1S(N)(=O)=O. The Hall–Kier alpha value is -2.34. The first-order valence-corrected chi connectivity index (χ1v) is 10.3. The highest BCUT2D eigenvalue weighted by molar-refractivity contribution is 7.89. The van der Waals surface area contributed by atoms with Crippen LogP contribution in [-0.2, 0) is 24.8 Å². The van der Waals surface area contributed by atoms with E-state index < -0.39 is 32.5 Å². The zero-order valence-corrected chi connectivity index (χ0v) is 15.7. The number of hydrogen-bond donors (Lipinski definition) is 2. The number of hydrogen-bond acceptors (Lipinski definition) is 6. The van der Waals surface area contributed by atoms with Crippen molar-refractivity contribution >= 4 is 31.6 Å². The van der Waals surface area contributed by atoms with Gasteiger partial charge in [-0.25, -0.2) is 22.0 Å². The number of anilines is 1. The molecule has 0 atom stereocenters. The summed E-state index contributed by atoms with van der Waals surface area (Å²) in [5.41, 5.74) is 0.624. The largest absolute Gasteiger partial charge is 0.325 e. The van der Waals surface area contributed by atoms with Crippen LogP contribution < -0.4 is 10.5 Å². The predicted octanol–water partition coefficient (Wildman–Crippen LogP) is 0.297. The van der Waals surface area contributed by atoms with E-state index in [2.05, 4.69) is 10.3 Å². The van der Waals surface area contributed by atoms with Crippen molar-refractivity contribution in [3.8, 4) is 0 Å². The summed E-state index contributed by atoms with van der Waals surface area (Å²) in [6.07, 6.45) is 2.62. The van der Waals surface area contributed by atoms with Crippen molar-refractivity contribution in [3.63, 3.8) is 0 Å². The molecule has 11 heteroatoms. The van der Waals surface area contributed by atoms with Gasteiger partial charge in [-0.2, -0.15) is 4.31 Å². The zero-order valence-electron chi connectivity index (χ0n) is 14.1. The number of benzene rings is 1.